The van der Waals surface area contributed by atoms with E-state index < -0.39 is 11.9 Å². The van der Waals surface area contributed by atoms with Crippen LogP contribution < -0.4 is 10.6 Å². The molecule has 2 amide bonds. The molecule has 0 fully saturated rings. The molecule has 3 N–H and O–H groups in total. The van der Waals surface area contributed by atoms with Crippen LogP contribution in [0.5, 0.6) is 0 Å². The van der Waals surface area contributed by atoms with E-state index in [0.29, 0.717) is 32.2 Å². The summed E-state index contributed by atoms with van der Waals surface area (Å²) in [5.41, 5.74) is 1.59. The lowest BCUT2D eigenvalue weighted by molar-refractivity contribution is -0.131. The first kappa shape index (κ1) is 20.6. The zero-order chi connectivity index (χ0) is 21.0. The van der Waals surface area contributed by atoms with Gasteiger partial charge in [0.15, 0.2) is 10.3 Å². The van der Waals surface area contributed by atoms with Gasteiger partial charge in [-0.05, 0) is 19.1 Å². The third-order valence-electron chi connectivity index (χ3n) is 3.48. The lowest BCUT2D eigenvalue weighted by Gasteiger charge is -2.03. The second-order valence-corrected chi connectivity index (χ2v) is 7.83. The molecule has 0 aliphatic carbocycles. The molecule has 2 heterocycles. The van der Waals surface area contributed by atoms with Crippen molar-refractivity contribution < 1.29 is 19.5 Å². The van der Waals surface area contributed by atoms with Crippen molar-refractivity contribution in [2.45, 2.75) is 6.92 Å². The van der Waals surface area contributed by atoms with Gasteiger partial charge in [0.1, 0.15) is 0 Å². The lowest BCUT2D eigenvalue weighted by Crippen LogP contribution is -2.12. The van der Waals surface area contributed by atoms with Crippen molar-refractivity contribution >= 4 is 62.3 Å². The normalized spacial score (nSPS) is 10.8. The average Bonchev–Trinajstić information content (AvgIpc) is 3.26. The van der Waals surface area contributed by atoms with Gasteiger partial charge in [0.05, 0.1) is 26.9 Å². The largest absolute Gasteiger partial charge is 0.478 e. The van der Waals surface area contributed by atoms with E-state index >= 15 is 0 Å². The summed E-state index contributed by atoms with van der Waals surface area (Å²) in [5.74, 6) is -2.18. The quantitative estimate of drug-likeness (QED) is 0.489. The molecule has 0 aliphatic rings. The highest BCUT2D eigenvalue weighted by Gasteiger charge is 2.17. The molecule has 29 heavy (non-hydrogen) atoms. The molecule has 0 bridgehead atoms. The summed E-state index contributed by atoms with van der Waals surface area (Å²) in [7, 11) is 0. The minimum absolute atomic E-state index is 0.314. The lowest BCUT2D eigenvalue weighted by atomic mass is 10.2. The molecule has 2 aromatic heterocycles. The topological polar surface area (TPSA) is 121 Å². The predicted molar refractivity (Wildman–Crippen MR) is 113 cm³/mol. The number of carboxylic acids is 1. The fourth-order valence-corrected chi connectivity index (χ4v) is 4.15. The van der Waals surface area contributed by atoms with E-state index in [-0.39, 0.29) is 5.91 Å². The fraction of sp³-hybridized carbons (Fsp3) is 0.0556. The van der Waals surface area contributed by atoms with Gasteiger partial charge in [-0.1, -0.05) is 35.1 Å². The molecule has 8 nitrogen and oxygen atoms in total. The number of halogens is 1. The molecule has 0 atom stereocenters. The van der Waals surface area contributed by atoms with Crippen LogP contribution in [0, 0.1) is 6.92 Å². The third-order valence-corrected chi connectivity index (χ3v) is 5.66. The van der Waals surface area contributed by atoms with E-state index in [0.717, 1.165) is 17.0 Å². The van der Waals surface area contributed by atoms with Crippen molar-refractivity contribution in [2.24, 2.45) is 0 Å². The van der Waals surface area contributed by atoms with E-state index in [1.54, 1.807) is 36.6 Å². The van der Waals surface area contributed by atoms with Crippen LogP contribution >= 0.6 is 34.3 Å². The molecular formula is C18H13ClN4O4S2. The number of rotatable bonds is 6. The summed E-state index contributed by atoms with van der Waals surface area (Å²) < 4.78 is 0. The monoisotopic (exact) mass is 448 g/mol. The number of aryl methyl sites for hydroxylation is 1. The Morgan fingerprint density at radius 3 is 2.59 bits per heavy atom. The summed E-state index contributed by atoms with van der Waals surface area (Å²) in [6.45, 7) is 1.78. The molecule has 0 spiro atoms. The zero-order valence-corrected chi connectivity index (χ0v) is 17.2. The van der Waals surface area contributed by atoms with Crippen molar-refractivity contribution in [3.05, 3.63) is 58.1 Å². The second-order valence-electron chi connectivity index (χ2n) is 5.57. The summed E-state index contributed by atoms with van der Waals surface area (Å²) in [5, 5.41) is 16.5. The molecule has 3 aromatic rings. The third kappa shape index (κ3) is 5.25. The Morgan fingerprint density at radius 1 is 1.10 bits per heavy atom. The molecule has 3 rings (SSSR count). The Balaban J connectivity index is 1.73. The van der Waals surface area contributed by atoms with E-state index in [2.05, 4.69) is 20.6 Å². The minimum atomic E-state index is -1.22. The van der Waals surface area contributed by atoms with E-state index in [9.17, 15) is 14.4 Å². The van der Waals surface area contributed by atoms with Gasteiger partial charge in [-0.3, -0.25) is 20.2 Å². The minimum Gasteiger partial charge on any atom is -0.478 e. The first-order valence-electron chi connectivity index (χ1n) is 8.04. The van der Waals surface area contributed by atoms with Crippen LogP contribution in [-0.2, 0) is 9.59 Å². The highest BCUT2D eigenvalue weighted by atomic mass is 35.5. The number of amides is 2. The fourth-order valence-electron chi connectivity index (χ4n) is 2.23. The number of hydrogen-bond donors (Lipinski definition) is 3. The number of aliphatic carboxylic acids is 1. The van der Waals surface area contributed by atoms with Crippen LogP contribution in [0.3, 0.4) is 0 Å². The second kappa shape index (κ2) is 8.95. The van der Waals surface area contributed by atoms with E-state index in [1.807, 2.05) is 0 Å². The maximum atomic E-state index is 12.4. The van der Waals surface area contributed by atoms with Crippen LogP contribution in [0.1, 0.15) is 16.1 Å². The van der Waals surface area contributed by atoms with Gasteiger partial charge in [0.25, 0.3) is 5.91 Å². The SMILES string of the molecule is Cc1nc(NC(=O)c2ccccc2Cl)sc1-c1csc(NC(=O)/C=C/C(=O)O)n1. The molecule has 1 aromatic carbocycles. The van der Waals surface area contributed by atoms with Crippen LogP contribution in [0.15, 0.2) is 41.8 Å². The number of nitrogens with zero attached hydrogens (tertiary/aromatic N) is 2. The number of hydrogen-bond acceptors (Lipinski definition) is 7. The van der Waals surface area contributed by atoms with Crippen molar-refractivity contribution in [3.8, 4) is 10.6 Å². The van der Waals surface area contributed by atoms with E-state index in [1.165, 1.54) is 22.7 Å². The molecule has 11 heteroatoms. The Bertz CT molecular complexity index is 1120. The van der Waals surface area contributed by atoms with Crippen LogP contribution in [0.25, 0.3) is 10.6 Å². The number of carbonyl (C=O) groups is 3. The number of carbonyl (C=O) groups excluding carboxylic acids is 2. The highest BCUT2D eigenvalue weighted by Crippen LogP contribution is 2.34. The molecule has 0 saturated carbocycles. The van der Waals surface area contributed by atoms with E-state index in [4.69, 9.17) is 16.7 Å². The summed E-state index contributed by atoms with van der Waals surface area (Å²) in [4.78, 5) is 43.9. The summed E-state index contributed by atoms with van der Waals surface area (Å²) in [6, 6.07) is 6.70. The Labute approximate surface area is 177 Å². The van der Waals surface area contributed by atoms with Gasteiger partial charge in [-0.15, -0.1) is 11.3 Å². The standard InChI is InChI=1S/C18H13ClN4O4S2/c1-9-15(12-8-28-17(21-12)22-13(24)6-7-14(25)26)29-18(20-9)23-16(27)10-4-2-3-5-11(10)19/h2-8H,1H3,(H,25,26)(H,20,23,27)(H,21,22,24)/b7-6+. The zero-order valence-electron chi connectivity index (χ0n) is 14.8. The molecule has 148 valence electrons. The summed E-state index contributed by atoms with van der Waals surface area (Å²) in [6.07, 6.45) is 1.65. The maximum Gasteiger partial charge on any atom is 0.328 e. The number of anilines is 2. The molecule has 0 unspecified atom stereocenters. The number of carboxylic acid groups (broad SMARTS) is 1. The highest BCUT2D eigenvalue weighted by molar-refractivity contribution is 7.20. The first-order chi connectivity index (χ1) is 13.8. The van der Waals surface area contributed by atoms with Gasteiger partial charge in [-0.2, -0.15) is 0 Å². The van der Waals surface area contributed by atoms with Crippen molar-refractivity contribution in [1.82, 2.24) is 9.97 Å². The first-order valence-corrected chi connectivity index (χ1v) is 10.1. The van der Waals surface area contributed by atoms with Gasteiger partial charge in [0.2, 0.25) is 5.91 Å². The summed E-state index contributed by atoms with van der Waals surface area (Å²) >= 11 is 8.47. The van der Waals surface area contributed by atoms with Crippen molar-refractivity contribution in [3.63, 3.8) is 0 Å². The van der Waals surface area contributed by atoms with Crippen LogP contribution in [0.2, 0.25) is 5.02 Å². The Morgan fingerprint density at radius 2 is 1.86 bits per heavy atom. The molecule has 0 radical (unpaired) electrons. The van der Waals surface area contributed by atoms with Crippen molar-refractivity contribution in [2.75, 3.05) is 10.6 Å². The number of benzene rings is 1. The number of aromatic nitrogens is 2. The Kier molecular flexibility index (Phi) is 6.37. The van der Waals surface area contributed by atoms with Crippen LogP contribution in [-0.4, -0.2) is 32.9 Å². The average molecular weight is 449 g/mol. The Hall–Kier alpha value is -3.08. The van der Waals surface area contributed by atoms with Crippen LogP contribution in [0.4, 0.5) is 10.3 Å². The van der Waals surface area contributed by atoms with Crippen molar-refractivity contribution in [1.29, 1.82) is 0 Å². The van der Waals surface area contributed by atoms with Gasteiger partial charge < -0.3 is 5.11 Å². The van der Waals surface area contributed by atoms with Gasteiger partial charge in [-0.25, -0.2) is 14.8 Å². The molecular weight excluding hydrogens is 436 g/mol. The number of nitrogens with one attached hydrogen (secondary N) is 2. The maximum absolute atomic E-state index is 12.4. The smallest absolute Gasteiger partial charge is 0.328 e. The number of thiazole rings is 2. The predicted octanol–water partition coefficient (Wildman–Crippen LogP) is 4.06. The van der Waals surface area contributed by atoms with Gasteiger partial charge >= 0.3 is 5.97 Å². The molecule has 0 saturated heterocycles. The van der Waals surface area contributed by atoms with Gasteiger partial charge in [0, 0.05) is 17.5 Å². The molecule has 0 aliphatic heterocycles.